The highest BCUT2D eigenvalue weighted by molar-refractivity contribution is 6.34. The van der Waals surface area contributed by atoms with Crippen molar-refractivity contribution < 1.29 is 18.7 Å². The van der Waals surface area contributed by atoms with E-state index in [-0.39, 0.29) is 24.0 Å². The van der Waals surface area contributed by atoms with Gasteiger partial charge in [0, 0.05) is 12.1 Å². The summed E-state index contributed by atoms with van der Waals surface area (Å²) >= 11 is 6.34. The molecular weight excluding hydrogens is 433 g/mol. The lowest BCUT2D eigenvalue weighted by atomic mass is 9.90. The second-order valence-electron chi connectivity index (χ2n) is 8.59. The highest BCUT2D eigenvalue weighted by Crippen LogP contribution is 2.44. The molecule has 2 aliphatic rings. The summed E-state index contributed by atoms with van der Waals surface area (Å²) in [7, 11) is 1.41. The van der Waals surface area contributed by atoms with Crippen molar-refractivity contribution in [3.8, 4) is 0 Å². The van der Waals surface area contributed by atoms with Gasteiger partial charge in [-0.1, -0.05) is 29.8 Å². The second kappa shape index (κ2) is 7.89. The first-order chi connectivity index (χ1) is 15.4. The molecule has 0 radical (unpaired) electrons. The van der Waals surface area contributed by atoms with Crippen molar-refractivity contribution in [3.63, 3.8) is 0 Å². The molecule has 0 saturated carbocycles. The van der Waals surface area contributed by atoms with Crippen molar-refractivity contribution >= 4 is 40.2 Å². The Labute approximate surface area is 189 Å². The first-order valence-electron chi connectivity index (χ1n) is 10.7. The maximum absolute atomic E-state index is 15.1. The van der Waals surface area contributed by atoms with E-state index in [1.165, 1.54) is 17.9 Å². The normalized spacial score (nSPS) is 22.4. The molecule has 3 aromatic rings. The molecule has 2 aliphatic heterocycles. The number of rotatable bonds is 3. The third-order valence-electron chi connectivity index (χ3n) is 6.78. The predicted octanol–water partition coefficient (Wildman–Crippen LogP) is 4.75. The van der Waals surface area contributed by atoms with Gasteiger partial charge in [-0.3, -0.25) is 9.59 Å². The zero-order valence-corrected chi connectivity index (χ0v) is 18.6. The second-order valence-corrected chi connectivity index (χ2v) is 9.00. The van der Waals surface area contributed by atoms with Crippen LogP contribution in [-0.4, -0.2) is 40.9 Å². The van der Waals surface area contributed by atoms with Crippen molar-refractivity contribution in [2.24, 2.45) is 5.92 Å². The van der Waals surface area contributed by atoms with E-state index < -0.39 is 11.7 Å². The first kappa shape index (κ1) is 20.9. The summed E-state index contributed by atoms with van der Waals surface area (Å²) < 4.78 is 21.3. The third-order valence-corrected chi connectivity index (χ3v) is 7.09. The Bertz CT molecular complexity index is 1210. The van der Waals surface area contributed by atoms with Crippen LogP contribution in [0.15, 0.2) is 36.4 Å². The lowest BCUT2D eigenvalue weighted by Gasteiger charge is -2.38. The molecular formula is C24H23ClFN3O3. The Kier molecular flexibility index (Phi) is 5.16. The molecule has 0 spiro atoms. The van der Waals surface area contributed by atoms with Gasteiger partial charge in [-0.2, -0.15) is 4.68 Å². The Morgan fingerprint density at radius 2 is 1.81 bits per heavy atom. The summed E-state index contributed by atoms with van der Waals surface area (Å²) in [6.07, 6.45) is 3.03. The Morgan fingerprint density at radius 3 is 2.47 bits per heavy atom. The highest BCUT2D eigenvalue weighted by Gasteiger charge is 2.45. The van der Waals surface area contributed by atoms with Gasteiger partial charge in [0.15, 0.2) is 5.82 Å². The van der Waals surface area contributed by atoms with Gasteiger partial charge < -0.3 is 9.64 Å². The first-order valence-corrected chi connectivity index (χ1v) is 11.1. The topological polar surface area (TPSA) is 64.4 Å². The van der Waals surface area contributed by atoms with Gasteiger partial charge in [-0.05, 0) is 56.4 Å². The van der Waals surface area contributed by atoms with Crippen LogP contribution in [0.1, 0.15) is 41.6 Å². The number of ether oxygens (including phenoxy) is 1. The van der Waals surface area contributed by atoms with E-state index in [9.17, 15) is 9.59 Å². The quantitative estimate of drug-likeness (QED) is 0.533. The van der Waals surface area contributed by atoms with Crippen LogP contribution in [0.5, 0.6) is 0 Å². The summed E-state index contributed by atoms with van der Waals surface area (Å²) in [6, 6.07) is 9.99. The summed E-state index contributed by atoms with van der Waals surface area (Å²) in [5.74, 6) is -0.743. The monoisotopic (exact) mass is 455 g/mol. The molecule has 32 heavy (non-hydrogen) atoms. The number of carbonyl (C=O) groups is 2. The predicted molar refractivity (Wildman–Crippen MR) is 120 cm³/mol. The standard InChI is InChI=1S/C24H23ClFN3O3/c1-13-5-3-6-17(25)20(13)23(30)29-19-8-4-7-18(26)21(19)22(27-29)28-15-9-10-16(28)12-14(11-15)24(31)32-2/h3-8,14-16H,9-12H2,1-2H3. The highest BCUT2D eigenvalue weighted by atomic mass is 35.5. The van der Waals surface area contributed by atoms with Crippen LogP contribution in [0.3, 0.4) is 0 Å². The Balaban J connectivity index is 1.62. The van der Waals surface area contributed by atoms with Gasteiger partial charge in [-0.15, -0.1) is 5.10 Å². The fourth-order valence-electron chi connectivity index (χ4n) is 5.34. The molecule has 3 heterocycles. The van der Waals surface area contributed by atoms with Crippen molar-refractivity contribution in [2.45, 2.75) is 44.7 Å². The molecule has 2 unspecified atom stereocenters. The van der Waals surface area contributed by atoms with Crippen molar-refractivity contribution in [1.82, 2.24) is 9.78 Å². The molecule has 0 amide bonds. The number of piperidine rings is 1. The molecule has 166 valence electrons. The summed E-state index contributed by atoms with van der Waals surface area (Å²) in [5.41, 5.74) is 1.48. The third kappa shape index (κ3) is 3.18. The van der Waals surface area contributed by atoms with E-state index in [2.05, 4.69) is 10.00 Å². The lowest BCUT2D eigenvalue weighted by Crippen LogP contribution is -2.45. The van der Waals surface area contributed by atoms with E-state index in [1.807, 2.05) is 13.0 Å². The van der Waals surface area contributed by atoms with Gasteiger partial charge in [0.05, 0.1) is 34.5 Å². The number of fused-ring (bicyclic) bond motifs is 3. The van der Waals surface area contributed by atoms with Crippen LogP contribution in [0.25, 0.3) is 10.9 Å². The number of halogens is 2. The minimum atomic E-state index is -0.429. The minimum absolute atomic E-state index is 0.0427. The van der Waals surface area contributed by atoms with Crippen LogP contribution >= 0.6 is 11.6 Å². The zero-order valence-electron chi connectivity index (χ0n) is 17.8. The molecule has 2 saturated heterocycles. The number of hydrogen-bond acceptors (Lipinski definition) is 5. The number of hydrogen-bond donors (Lipinski definition) is 0. The van der Waals surface area contributed by atoms with Crippen molar-refractivity contribution in [2.75, 3.05) is 12.0 Å². The van der Waals surface area contributed by atoms with Crippen LogP contribution in [0.4, 0.5) is 10.2 Å². The summed E-state index contributed by atoms with van der Waals surface area (Å²) in [5, 5.41) is 5.29. The molecule has 2 aromatic carbocycles. The van der Waals surface area contributed by atoms with Gasteiger partial charge >= 0.3 is 5.97 Å². The molecule has 2 fully saturated rings. The number of aryl methyl sites for hydroxylation is 1. The summed E-state index contributed by atoms with van der Waals surface area (Å²) in [4.78, 5) is 27.7. The van der Waals surface area contributed by atoms with E-state index in [0.717, 1.165) is 18.4 Å². The van der Waals surface area contributed by atoms with E-state index in [4.69, 9.17) is 16.3 Å². The number of anilines is 1. The number of benzene rings is 2. The summed E-state index contributed by atoms with van der Waals surface area (Å²) in [6.45, 7) is 1.81. The number of methoxy groups -OCH3 is 1. The maximum atomic E-state index is 15.1. The molecule has 2 bridgehead atoms. The van der Waals surface area contributed by atoms with Crippen LogP contribution in [0.2, 0.25) is 5.02 Å². The minimum Gasteiger partial charge on any atom is -0.469 e. The van der Waals surface area contributed by atoms with Crippen LogP contribution in [0, 0.1) is 18.7 Å². The molecule has 0 N–H and O–H groups in total. The molecule has 0 aliphatic carbocycles. The number of nitrogens with zero attached hydrogens (tertiary/aromatic N) is 3. The van der Waals surface area contributed by atoms with E-state index in [1.54, 1.807) is 24.3 Å². The van der Waals surface area contributed by atoms with Gasteiger partial charge in [0.2, 0.25) is 0 Å². The van der Waals surface area contributed by atoms with E-state index >= 15 is 4.39 Å². The molecule has 1 aromatic heterocycles. The fraction of sp³-hybridized carbons (Fsp3) is 0.375. The number of carbonyl (C=O) groups excluding carboxylic acids is 2. The van der Waals surface area contributed by atoms with Gasteiger partial charge in [0.1, 0.15) is 5.82 Å². The zero-order chi connectivity index (χ0) is 22.6. The van der Waals surface area contributed by atoms with Gasteiger partial charge in [0.25, 0.3) is 5.91 Å². The largest absolute Gasteiger partial charge is 0.469 e. The molecule has 2 atom stereocenters. The smallest absolute Gasteiger partial charge is 0.308 e. The Hall–Kier alpha value is -2.93. The number of aromatic nitrogens is 2. The average Bonchev–Trinajstić information content (AvgIpc) is 3.27. The molecule has 8 heteroatoms. The average molecular weight is 456 g/mol. The van der Waals surface area contributed by atoms with Crippen LogP contribution in [-0.2, 0) is 9.53 Å². The van der Waals surface area contributed by atoms with Crippen molar-refractivity contribution in [3.05, 3.63) is 58.4 Å². The van der Waals surface area contributed by atoms with Crippen LogP contribution < -0.4 is 4.90 Å². The molecule has 5 rings (SSSR count). The SMILES string of the molecule is COC(=O)C1CC2CCC(C1)N2c1nn(C(=O)c2c(C)cccc2Cl)c2cccc(F)c12. The Morgan fingerprint density at radius 1 is 1.12 bits per heavy atom. The van der Waals surface area contributed by atoms with Crippen molar-refractivity contribution in [1.29, 1.82) is 0 Å². The number of esters is 1. The molecule has 6 nitrogen and oxygen atoms in total. The van der Waals surface area contributed by atoms with Gasteiger partial charge in [-0.25, -0.2) is 4.39 Å². The fourth-order valence-corrected chi connectivity index (χ4v) is 5.64. The maximum Gasteiger partial charge on any atom is 0.308 e. The lowest BCUT2D eigenvalue weighted by molar-refractivity contribution is -0.146. The van der Waals surface area contributed by atoms with E-state index in [0.29, 0.717) is 40.1 Å².